The molecule has 0 aliphatic heterocycles. The van der Waals surface area contributed by atoms with Gasteiger partial charge in [-0.3, -0.25) is 0 Å². The molecule has 2 heteroatoms. The van der Waals surface area contributed by atoms with Gasteiger partial charge in [0.25, 0.3) is 0 Å². The van der Waals surface area contributed by atoms with E-state index < -0.39 is 0 Å². The van der Waals surface area contributed by atoms with Crippen LogP contribution in [-0.2, 0) is 24.0 Å². The number of hydrogen-bond acceptors (Lipinski definition) is 2. The fourth-order valence-corrected chi connectivity index (χ4v) is 20.9. The summed E-state index contributed by atoms with van der Waals surface area (Å²) in [5.41, 5.74) is 7.57. The standard InChI is InChI=1S/C51H70O2/c52-47(53-30-51-24-40-10-41(25-51)12-42(11-40)26-51)46-14-44(28-49-18-34-4-35(19-49)6-36(5-34)20-49)43(27-48-15-31-1-32(16-48)3-33(2-31)17-48)13-45(46)29-50-21-37-7-38(22-50)9-39(8-37)23-50/h13-14,31-42H,1-12,15-30H2. The van der Waals surface area contributed by atoms with Gasteiger partial charge in [0.05, 0.1) is 12.2 Å². The fraction of sp³-hybridized carbons (Fsp3) is 0.863. The Balaban J connectivity index is 0.886. The molecule has 0 heterocycles. The molecule has 0 radical (unpaired) electrons. The van der Waals surface area contributed by atoms with Gasteiger partial charge in [0.15, 0.2) is 0 Å². The van der Waals surface area contributed by atoms with E-state index in [0.717, 1.165) is 83.0 Å². The molecule has 16 aliphatic rings. The van der Waals surface area contributed by atoms with Gasteiger partial charge < -0.3 is 4.74 Å². The lowest BCUT2D eigenvalue weighted by molar-refractivity contribution is -0.0849. The first-order valence-electron chi connectivity index (χ1n) is 24.0. The Bertz CT molecular complexity index is 1540. The van der Waals surface area contributed by atoms with Crippen LogP contribution in [0.25, 0.3) is 0 Å². The second kappa shape index (κ2) is 11.4. The van der Waals surface area contributed by atoms with Crippen molar-refractivity contribution in [1.82, 2.24) is 0 Å². The van der Waals surface area contributed by atoms with Gasteiger partial charge >= 0.3 is 5.97 Å². The number of benzene rings is 1. The van der Waals surface area contributed by atoms with Crippen LogP contribution in [0.3, 0.4) is 0 Å². The Kier molecular flexibility index (Phi) is 7.05. The highest BCUT2D eigenvalue weighted by molar-refractivity contribution is 5.91. The van der Waals surface area contributed by atoms with Crippen molar-refractivity contribution in [2.45, 2.75) is 173 Å². The van der Waals surface area contributed by atoms with Crippen molar-refractivity contribution < 1.29 is 9.53 Å². The minimum atomic E-state index is 0.0774. The van der Waals surface area contributed by atoms with Crippen LogP contribution >= 0.6 is 0 Å². The molecule has 0 aromatic heterocycles. The zero-order chi connectivity index (χ0) is 34.7. The Morgan fingerprint density at radius 3 is 0.981 bits per heavy atom. The molecule has 0 unspecified atom stereocenters. The Hall–Kier alpha value is -1.31. The van der Waals surface area contributed by atoms with Crippen molar-refractivity contribution in [2.75, 3.05) is 6.61 Å². The first-order valence-corrected chi connectivity index (χ1v) is 24.0. The number of ether oxygens (including phenoxy) is 1. The van der Waals surface area contributed by atoms with Crippen molar-refractivity contribution in [2.24, 2.45) is 92.7 Å². The number of carbonyl (C=O) groups is 1. The second-order valence-electron chi connectivity index (χ2n) is 25.1. The third-order valence-corrected chi connectivity index (χ3v) is 20.5. The quantitative estimate of drug-likeness (QED) is 0.238. The highest BCUT2D eigenvalue weighted by atomic mass is 16.5. The molecule has 1 aromatic carbocycles. The van der Waals surface area contributed by atoms with Crippen LogP contribution < -0.4 is 0 Å². The number of carbonyl (C=O) groups excluding carboxylic acids is 1. The maximum Gasteiger partial charge on any atom is 0.338 e. The Morgan fingerprint density at radius 1 is 0.396 bits per heavy atom. The summed E-state index contributed by atoms with van der Waals surface area (Å²) in [5.74, 6) is 11.6. The molecular weight excluding hydrogens is 645 g/mol. The number of esters is 1. The van der Waals surface area contributed by atoms with E-state index in [1.807, 2.05) is 0 Å². The third kappa shape index (κ3) is 5.51. The molecule has 1 aromatic rings. The first kappa shape index (κ1) is 32.7. The van der Waals surface area contributed by atoms with E-state index in [0.29, 0.717) is 22.9 Å². The van der Waals surface area contributed by atoms with E-state index >= 15 is 0 Å². The largest absolute Gasteiger partial charge is 0.461 e. The van der Waals surface area contributed by atoms with Crippen molar-refractivity contribution in [3.63, 3.8) is 0 Å². The van der Waals surface area contributed by atoms with Crippen molar-refractivity contribution in [1.29, 1.82) is 0 Å². The first-order chi connectivity index (χ1) is 25.7. The summed E-state index contributed by atoms with van der Waals surface area (Å²) in [4.78, 5) is 15.0. The molecule has 17 rings (SSSR count). The van der Waals surface area contributed by atoms with E-state index in [9.17, 15) is 4.79 Å². The van der Waals surface area contributed by atoms with Crippen LogP contribution in [0, 0.1) is 92.7 Å². The summed E-state index contributed by atoms with van der Waals surface area (Å²) in [6.45, 7) is 0.700. The number of rotatable bonds is 9. The monoisotopic (exact) mass is 715 g/mol. The maximum atomic E-state index is 15.0. The summed E-state index contributed by atoms with van der Waals surface area (Å²) in [6, 6.07) is 5.33. The van der Waals surface area contributed by atoms with Gasteiger partial charge in [-0.2, -0.15) is 0 Å². The van der Waals surface area contributed by atoms with Gasteiger partial charge in [0.1, 0.15) is 0 Å². The zero-order valence-corrected chi connectivity index (χ0v) is 33.2. The van der Waals surface area contributed by atoms with Crippen molar-refractivity contribution in [3.8, 4) is 0 Å². The lowest BCUT2D eigenvalue weighted by Gasteiger charge is -2.58. The van der Waals surface area contributed by atoms with Crippen LogP contribution in [0.1, 0.15) is 181 Å². The predicted octanol–water partition coefficient (Wildman–Crippen LogP) is 12.3. The molecule has 0 spiro atoms. The molecule has 0 saturated heterocycles. The molecular formula is C51H70O2. The molecule has 16 saturated carbocycles. The second-order valence-corrected chi connectivity index (χ2v) is 25.1. The number of hydrogen-bond donors (Lipinski definition) is 0. The zero-order valence-electron chi connectivity index (χ0n) is 33.2. The minimum Gasteiger partial charge on any atom is -0.461 e. The van der Waals surface area contributed by atoms with E-state index in [1.54, 1.807) is 11.1 Å². The van der Waals surface area contributed by atoms with Crippen LogP contribution in [0.4, 0.5) is 0 Å². The van der Waals surface area contributed by atoms with Crippen LogP contribution in [-0.4, -0.2) is 12.6 Å². The average Bonchev–Trinajstić information content (AvgIpc) is 3.05. The summed E-state index contributed by atoms with van der Waals surface area (Å²) in [7, 11) is 0. The van der Waals surface area contributed by atoms with E-state index in [2.05, 4.69) is 12.1 Å². The van der Waals surface area contributed by atoms with Gasteiger partial charge in [-0.15, -0.1) is 0 Å². The van der Waals surface area contributed by atoms with Gasteiger partial charge in [0, 0.05) is 5.41 Å². The van der Waals surface area contributed by atoms with Crippen molar-refractivity contribution >= 4 is 5.97 Å². The fourth-order valence-electron chi connectivity index (χ4n) is 20.9. The SMILES string of the molecule is O=C(OCC12CC3CC(CC(C3)C1)C2)c1cc(CC23CC4CC(CC(C4)C2)C3)c(CC23CC4CC(CC(C4)C2)C3)cc1CC12CC3CC(CC(C3)C1)C2. The molecule has 286 valence electrons. The minimum absolute atomic E-state index is 0.0774. The van der Waals surface area contributed by atoms with Crippen LogP contribution in [0.15, 0.2) is 12.1 Å². The normalized spacial score (nSPS) is 52.9. The molecule has 16 fully saturated rings. The van der Waals surface area contributed by atoms with E-state index in [1.165, 1.54) is 173 Å². The highest BCUT2D eigenvalue weighted by Gasteiger charge is 2.55. The summed E-state index contributed by atoms with van der Waals surface area (Å²) < 4.78 is 6.76. The van der Waals surface area contributed by atoms with Gasteiger partial charge in [-0.05, 0) is 283 Å². The van der Waals surface area contributed by atoms with Gasteiger partial charge in [-0.25, -0.2) is 4.79 Å². The summed E-state index contributed by atoms with van der Waals surface area (Å²) >= 11 is 0. The third-order valence-electron chi connectivity index (χ3n) is 20.5. The molecule has 0 N–H and O–H groups in total. The summed E-state index contributed by atoms with van der Waals surface area (Å²) in [6.07, 6.45) is 38.9. The summed E-state index contributed by atoms with van der Waals surface area (Å²) in [5, 5.41) is 0. The Labute approximate surface area is 321 Å². The highest BCUT2D eigenvalue weighted by Crippen LogP contribution is 2.65. The average molecular weight is 715 g/mol. The smallest absolute Gasteiger partial charge is 0.338 e. The van der Waals surface area contributed by atoms with Gasteiger partial charge in [-0.1, -0.05) is 6.07 Å². The molecule has 2 nitrogen and oxygen atoms in total. The molecule has 16 aliphatic carbocycles. The van der Waals surface area contributed by atoms with Crippen LogP contribution in [0.2, 0.25) is 0 Å². The lowest BCUT2D eigenvalue weighted by Crippen LogP contribution is -2.48. The predicted molar refractivity (Wildman–Crippen MR) is 210 cm³/mol. The molecule has 0 amide bonds. The topological polar surface area (TPSA) is 26.3 Å². The molecule has 16 bridgehead atoms. The molecule has 0 atom stereocenters. The maximum absolute atomic E-state index is 15.0. The lowest BCUT2D eigenvalue weighted by atomic mass is 9.47. The van der Waals surface area contributed by atoms with Crippen LogP contribution in [0.5, 0.6) is 0 Å². The van der Waals surface area contributed by atoms with Crippen molar-refractivity contribution in [3.05, 3.63) is 34.4 Å². The van der Waals surface area contributed by atoms with E-state index in [4.69, 9.17) is 4.74 Å². The van der Waals surface area contributed by atoms with E-state index in [-0.39, 0.29) is 11.4 Å². The molecule has 53 heavy (non-hydrogen) atoms. The Morgan fingerprint density at radius 2 is 0.660 bits per heavy atom. The van der Waals surface area contributed by atoms with Gasteiger partial charge in [0.2, 0.25) is 0 Å².